The Morgan fingerprint density at radius 3 is 2.63 bits per heavy atom. The van der Waals surface area contributed by atoms with Gasteiger partial charge in [0.25, 0.3) is 0 Å². The number of imidazole rings is 1. The number of rotatable bonds is 7. The van der Waals surface area contributed by atoms with Gasteiger partial charge < -0.3 is 9.30 Å². The third-order valence-corrected chi connectivity index (χ3v) is 5.02. The molecule has 0 saturated heterocycles. The fourth-order valence-electron chi connectivity index (χ4n) is 2.71. The number of carbonyl (C=O) groups excluding carboxylic acids is 1. The van der Waals surface area contributed by atoms with Crippen molar-refractivity contribution in [1.82, 2.24) is 14.5 Å². The summed E-state index contributed by atoms with van der Waals surface area (Å²) in [4.78, 5) is 20.5. The second-order valence-electron chi connectivity index (χ2n) is 6.04. The van der Waals surface area contributed by atoms with E-state index in [2.05, 4.69) is 16.9 Å². The number of pyridine rings is 1. The van der Waals surface area contributed by atoms with Crippen molar-refractivity contribution >= 4 is 27.0 Å². The lowest BCUT2D eigenvalue weighted by Gasteiger charge is -2.09. The van der Waals surface area contributed by atoms with Gasteiger partial charge in [-0.25, -0.2) is 23.3 Å². The fraction of sp³-hybridized carbons (Fsp3) is 0.278. The number of nitrogens with two attached hydrogens (primary N) is 1. The summed E-state index contributed by atoms with van der Waals surface area (Å²) in [5, 5.41) is 5.20. The van der Waals surface area contributed by atoms with Gasteiger partial charge in [-0.05, 0) is 36.8 Å². The minimum Gasteiger partial charge on any atom is -0.454 e. The maximum atomic E-state index is 12.2. The molecule has 0 atom stereocenters. The zero-order valence-electron chi connectivity index (χ0n) is 14.8. The largest absolute Gasteiger partial charge is 0.454 e. The quantitative estimate of drug-likeness (QED) is 0.620. The molecule has 142 valence electrons. The number of aromatic nitrogens is 3. The van der Waals surface area contributed by atoms with Crippen molar-refractivity contribution in [3.05, 3.63) is 54.1 Å². The van der Waals surface area contributed by atoms with Crippen molar-refractivity contribution in [2.75, 3.05) is 0 Å². The number of benzene rings is 1. The van der Waals surface area contributed by atoms with Crippen LogP contribution in [0.3, 0.4) is 0 Å². The summed E-state index contributed by atoms with van der Waals surface area (Å²) in [5.41, 5.74) is 1.66. The van der Waals surface area contributed by atoms with E-state index < -0.39 is 16.0 Å². The molecule has 9 heteroatoms. The van der Waals surface area contributed by atoms with Crippen LogP contribution in [-0.2, 0) is 27.9 Å². The number of hydrogen-bond donors (Lipinski definition) is 1. The first kappa shape index (κ1) is 19.0. The van der Waals surface area contributed by atoms with E-state index in [4.69, 9.17) is 9.88 Å². The molecular formula is C18H20N4O4S. The number of nitrogens with zero attached hydrogens (tertiary/aromatic N) is 3. The molecule has 1 aromatic carbocycles. The molecule has 0 radical (unpaired) electrons. The molecular weight excluding hydrogens is 368 g/mol. The van der Waals surface area contributed by atoms with E-state index in [0.717, 1.165) is 18.4 Å². The van der Waals surface area contributed by atoms with Crippen LogP contribution in [0.2, 0.25) is 0 Å². The topological polar surface area (TPSA) is 117 Å². The molecule has 0 aliphatic carbocycles. The Labute approximate surface area is 157 Å². The Balaban J connectivity index is 1.91. The fourth-order valence-corrected chi connectivity index (χ4v) is 3.25. The van der Waals surface area contributed by atoms with Crippen LogP contribution in [0, 0.1) is 0 Å². The molecule has 3 rings (SSSR count). The van der Waals surface area contributed by atoms with Gasteiger partial charge in [-0.3, -0.25) is 4.98 Å². The van der Waals surface area contributed by atoms with Crippen molar-refractivity contribution in [3.63, 3.8) is 0 Å². The van der Waals surface area contributed by atoms with Gasteiger partial charge in [-0.1, -0.05) is 13.3 Å². The molecule has 0 amide bonds. The first-order chi connectivity index (χ1) is 12.9. The molecule has 0 saturated carbocycles. The third-order valence-electron chi connectivity index (χ3n) is 4.11. The Morgan fingerprint density at radius 2 is 1.96 bits per heavy atom. The minimum absolute atomic E-state index is 0.00419. The van der Waals surface area contributed by atoms with Crippen LogP contribution in [0.4, 0.5) is 0 Å². The maximum Gasteiger partial charge on any atom is 0.338 e. The summed E-state index contributed by atoms with van der Waals surface area (Å²) < 4.78 is 30.5. The first-order valence-electron chi connectivity index (χ1n) is 8.49. The first-order valence-corrected chi connectivity index (χ1v) is 10.0. The normalized spacial score (nSPS) is 11.6. The van der Waals surface area contributed by atoms with E-state index in [9.17, 15) is 13.2 Å². The number of unbranched alkanes of at least 4 members (excludes halogenated alkanes) is 1. The highest BCUT2D eigenvalue weighted by molar-refractivity contribution is 7.89. The zero-order valence-corrected chi connectivity index (χ0v) is 15.6. The van der Waals surface area contributed by atoms with Crippen LogP contribution < -0.4 is 5.14 Å². The van der Waals surface area contributed by atoms with E-state index in [1.54, 1.807) is 18.2 Å². The maximum absolute atomic E-state index is 12.2. The highest BCUT2D eigenvalue weighted by Gasteiger charge is 2.16. The number of primary sulfonamides is 1. The summed E-state index contributed by atoms with van der Waals surface area (Å²) in [5.74, 6) is 0.0733. The molecule has 0 spiro atoms. The molecule has 3 aromatic rings. The van der Waals surface area contributed by atoms with Crippen LogP contribution in [0.25, 0.3) is 11.0 Å². The zero-order chi connectivity index (χ0) is 19.4. The predicted octanol–water partition coefficient (Wildman–Crippen LogP) is 2.24. The second kappa shape index (κ2) is 7.85. The van der Waals surface area contributed by atoms with Gasteiger partial charge >= 0.3 is 5.97 Å². The molecule has 2 aromatic heterocycles. The second-order valence-corrected chi connectivity index (χ2v) is 7.60. The molecule has 0 aliphatic heterocycles. The lowest BCUT2D eigenvalue weighted by molar-refractivity contribution is 0.0458. The smallest absolute Gasteiger partial charge is 0.338 e. The molecule has 0 bridgehead atoms. The van der Waals surface area contributed by atoms with Gasteiger partial charge in [0, 0.05) is 18.9 Å². The third kappa shape index (κ3) is 4.32. The number of sulfonamides is 1. The Bertz CT molecular complexity index is 1060. The van der Waals surface area contributed by atoms with Crippen molar-refractivity contribution in [1.29, 1.82) is 0 Å². The van der Waals surface area contributed by atoms with Crippen LogP contribution >= 0.6 is 0 Å². The van der Waals surface area contributed by atoms with Crippen LogP contribution in [0.15, 0.2) is 47.6 Å². The van der Waals surface area contributed by atoms with Gasteiger partial charge in [-0.15, -0.1) is 0 Å². The van der Waals surface area contributed by atoms with Crippen molar-refractivity contribution in [2.24, 2.45) is 5.14 Å². The highest BCUT2D eigenvalue weighted by atomic mass is 32.2. The average molecular weight is 388 g/mol. The molecule has 0 fully saturated rings. The van der Waals surface area contributed by atoms with Gasteiger partial charge in [0.1, 0.15) is 12.4 Å². The van der Waals surface area contributed by atoms with Crippen LogP contribution in [-0.4, -0.2) is 28.9 Å². The predicted molar refractivity (Wildman–Crippen MR) is 99.4 cm³/mol. The van der Waals surface area contributed by atoms with Crippen molar-refractivity contribution in [2.45, 2.75) is 37.8 Å². The van der Waals surface area contributed by atoms with Crippen molar-refractivity contribution in [3.8, 4) is 0 Å². The van der Waals surface area contributed by atoms with E-state index in [0.29, 0.717) is 23.4 Å². The summed E-state index contributed by atoms with van der Waals surface area (Å²) in [6, 6.07) is 7.70. The minimum atomic E-state index is -3.82. The average Bonchev–Trinajstić information content (AvgIpc) is 3.01. The Morgan fingerprint density at radius 1 is 1.22 bits per heavy atom. The molecule has 27 heavy (non-hydrogen) atoms. The highest BCUT2D eigenvalue weighted by Crippen LogP contribution is 2.21. The monoisotopic (exact) mass is 388 g/mol. The number of ether oxygens (including phenoxy) is 1. The SMILES string of the molecule is CCCCn1c(COC(=O)c2ccncc2)nc2cc(S(N)(=O)=O)ccc21. The van der Waals surface area contributed by atoms with Gasteiger partial charge in [0.2, 0.25) is 10.0 Å². The molecule has 2 heterocycles. The number of fused-ring (bicyclic) bond motifs is 1. The summed E-state index contributed by atoms with van der Waals surface area (Å²) in [6.45, 7) is 2.73. The van der Waals surface area contributed by atoms with E-state index >= 15 is 0 Å². The summed E-state index contributed by atoms with van der Waals surface area (Å²) >= 11 is 0. The van der Waals surface area contributed by atoms with Gasteiger partial charge in [0.15, 0.2) is 0 Å². The lowest BCUT2D eigenvalue weighted by Crippen LogP contribution is -2.12. The van der Waals surface area contributed by atoms with E-state index in [1.165, 1.54) is 24.5 Å². The van der Waals surface area contributed by atoms with E-state index in [1.807, 2.05) is 4.57 Å². The van der Waals surface area contributed by atoms with Crippen LogP contribution in [0.5, 0.6) is 0 Å². The van der Waals surface area contributed by atoms with Crippen molar-refractivity contribution < 1.29 is 17.9 Å². The number of esters is 1. The lowest BCUT2D eigenvalue weighted by atomic mass is 10.3. The Hall–Kier alpha value is -2.78. The van der Waals surface area contributed by atoms with E-state index in [-0.39, 0.29) is 11.5 Å². The molecule has 8 nitrogen and oxygen atoms in total. The standard InChI is InChI=1S/C18H20N4O4S/c1-2-3-10-22-16-5-4-14(27(19,24)25)11-15(16)21-17(22)12-26-18(23)13-6-8-20-9-7-13/h4-9,11H,2-3,10,12H2,1H3,(H2,19,24,25). The molecule has 0 unspecified atom stereocenters. The molecule has 0 aliphatic rings. The van der Waals surface area contributed by atoms with Gasteiger partial charge in [0.05, 0.1) is 21.5 Å². The summed E-state index contributed by atoms with van der Waals surface area (Å²) in [6.07, 6.45) is 4.92. The molecule has 2 N–H and O–H groups in total. The number of carbonyl (C=O) groups is 1. The number of aryl methyl sites for hydroxylation is 1. The van der Waals surface area contributed by atoms with Gasteiger partial charge in [-0.2, -0.15) is 0 Å². The summed E-state index contributed by atoms with van der Waals surface area (Å²) in [7, 11) is -3.82. The Kier molecular flexibility index (Phi) is 5.52. The number of hydrogen-bond acceptors (Lipinski definition) is 6. The van der Waals surface area contributed by atoms with Crippen LogP contribution in [0.1, 0.15) is 35.9 Å².